The molecule has 1 aliphatic rings. The molecule has 1 fully saturated rings. The van der Waals surface area contributed by atoms with Crippen molar-refractivity contribution in [2.24, 2.45) is 7.05 Å². The molecule has 0 unspecified atom stereocenters. The third kappa shape index (κ3) is 4.30. The molecule has 2 aromatic carbocycles. The number of nitrogens with zero attached hydrogens (tertiary/aromatic N) is 3. The molecular weight excluding hydrogens is 346 g/mol. The maximum absolute atomic E-state index is 9.59. The highest BCUT2D eigenvalue weighted by atomic mass is 16.3. The lowest BCUT2D eigenvalue weighted by molar-refractivity contribution is 0.0564. The average molecular weight is 378 g/mol. The number of aromatic nitrogens is 1. The second-order valence-electron chi connectivity index (χ2n) is 7.96. The zero-order chi connectivity index (χ0) is 19.3. The Balaban J connectivity index is 1.41. The predicted octanol–water partition coefficient (Wildman–Crippen LogP) is 3.29. The Morgan fingerprint density at radius 3 is 2.61 bits per heavy atom. The highest BCUT2D eigenvalue weighted by Crippen LogP contribution is 2.23. The number of benzene rings is 2. The number of hydrogen-bond donors (Lipinski definition) is 1. The van der Waals surface area contributed by atoms with Crippen molar-refractivity contribution in [3.8, 4) is 0 Å². The van der Waals surface area contributed by atoms with Crippen LogP contribution in [0.25, 0.3) is 10.9 Å². The van der Waals surface area contributed by atoms with Crippen LogP contribution in [0, 0.1) is 0 Å². The standard InChI is InChI=1S/C24H31N3O/c1-25-17-21(23-9-5-6-10-24(23)25)18-26-14-15-27(22(19-26)12-16-28)13-11-20-7-3-2-4-8-20/h2-10,17,22,28H,11-16,18-19H2,1H3/t22-/m1/s1. The molecule has 148 valence electrons. The minimum absolute atomic E-state index is 0.259. The number of aliphatic hydroxyl groups excluding tert-OH is 1. The molecule has 1 aromatic heterocycles. The van der Waals surface area contributed by atoms with Crippen LogP contribution in [0.4, 0.5) is 0 Å². The molecule has 0 radical (unpaired) electrons. The van der Waals surface area contributed by atoms with Crippen molar-refractivity contribution in [1.82, 2.24) is 14.4 Å². The van der Waals surface area contributed by atoms with Gasteiger partial charge in [0.15, 0.2) is 0 Å². The maximum atomic E-state index is 9.59. The minimum atomic E-state index is 0.259. The van der Waals surface area contributed by atoms with E-state index in [4.69, 9.17) is 0 Å². The van der Waals surface area contributed by atoms with Crippen molar-refractivity contribution in [2.45, 2.75) is 25.4 Å². The maximum Gasteiger partial charge on any atom is 0.0481 e. The number of rotatable bonds is 7. The van der Waals surface area contributed by atoms with Gasteiger partial charge in [-0.2, -0.15) is 0 Å². The Labute approximate surface area is 168 Å². The van der Waals surface area contributed by atoms with Crippen molar-refractivity contribution >= 4 is 10.9 Å². The molecule has 4 heteroatoms. The molecule has 4 rings (SSSR count). The van der Waals surface area contributed by atoms with E-state index < -0.39 is 0 Å². The van der Waals surface area contributed by atoms with Gasteiger partial charge >= 0.3 is 0 Å². The van der Waals surface area contributed by atoms with Gasteiger partial charge in [-0.3, -0.25) is 9.80 Å². The van der Waals surface area contributed by atoms with Gasteiger partial charge < -0.3 is 9.67 Å². The number of para-hydroxylation sites is 1. The normalized spacial score (nSPS) is 18.7. The summed E-state index contributed by atoms with van der Waals surface area (Å²) in [5.74, 6) is 0. The molecule has 0 spiro atoms. The summed E-state index contributed by atoms with van der Waals surface area (Å²) in [5, 5.41) is 11.0. The topological polar surface area (TPSA) is 31.6 Å². The Bertz CT molecular complexity index is 889. The van der Waals surface area contributed by atoms with Crippen LogP contribution in [0.1, 0.15) is 17.5 Å². The largest absolute Gasteiger partial charge is 0.396 e. The van der Waals surface area contributed by atoms with Crippen LogP contribution < -0.4 is 0 Å². The van der Waals surface area contributed by atoms with Gasteiger partial charge in [0.05, 0.1) is 0 Å². The summed E-state index contributed by atoms with van der Waals surface area (Å²) >= 11 is 0. The second-order valence-corrected chi connectivity index (χ2v) is 7.96. The molecular formula is C24H31N3O. The first-order valence-electron chi connectivity index (χ1n) is 10.4. The lowest BCUT2D eigenvalue weighted by atomic mass is 10.1. The van der Waals surface area contributed by atoms with Gasteiger partial charge in [-0.05, 0) is 30.0 Å². The summed E-state index contributed by atoms with van der Waals surface area (Å²) in [4.78, 5) is 5.13. The summed E-state index contributed by atoms with van der Waals surface area (Å²) in [6.07, 6.45) is 4.19. The smallest absolute Gasteiger partial charge is 0.0481 e. The molecule has 2 heterocycles. The number of fused-ring (bicyclic) bond motifs is 1. The van der Waals surface area contributed by atoms with Crippen molar-refractivity contribution in [1.29, 1.82) is 0 Å². The fraction of sp³-hybridized carbons (Fsp3) is 0.417. The van der Waals surface area contributed by atoms with Crippen molar-refractivity contribution in [3.05, 3.63) is 71.9 Å². The zero-order valence-electron chi connectivity index (χ0n) is 16.8. The molecule has 0 amide bonds. The van der Waals surface area contributed by atoms with Crippen LogP contribution in [0.15, 0.2) is 60.8 Å². The summed E-state index contributed by atoms with van der Waals surface area (Å²) in [5.41, 5.74) is 4.09. The zero-order valence-corrected chi connectivity index (χ0v) is 16.8. The summed E-state index contributed by atoms with van der Waals surface area (Å²) in [7, 11) is 2.13. The molecule has 1 saturated heterocycles. The van der Waals surface area contributed by atoms with Gasteiger partial charge in [-0.15, -0.1) is 0 Å². The van der Waals surface area contributed by atoms with E-state index in [0.717, 1.165) is 45.6 Å². The average Bonchev–Trinajstić information content (AvgIpc) is 3.04. The molecule has 0 saturated carbocycles. The summed E-state index contributed by atoms with van der Waals surface area (Å²) in [6, 6.07) is 19.8. The Hall–Kier alpha value is -2.14. The van der Waals surface area contributed by atoms with E-state index in [1.54, 1.807) is 0 Å². The van der Waals surface area contributed by atoms with Gasteiger partial charge in [0.1, 0.15) is 0 Å². The predicted molar refractivity (Wildman–Crippen MR) is 115 cm³/mol. The highest BCUT2D eigenvalue weighted by molar-refractivity contribution is 5.83. The first-order valence-corrected chi connectivity index (χ1v) is 10.4. The molecule has 4 nitrogen and oxygen atoms in total. The third-order valence-corrected chi connectivity index (χ3v) is 6.06. The van der Waals surface area contributed by atoms with Crippen molar-refractivity contribution in [3.63, 3.8) is 0 Å². The van der Waals surface area contributed by atoms with Crippen LogP contribution in [-0.2, 0) is 20.0 Å². The Morgan fingerprint density at radius 2 is 1.79 bits per heavy atom. The number of aliphatic hydroxyl groups is 1. The van der Waals surface area contributed by atoms with E-state index in [9.17, 15) is 5.11 Å². The quantitative estimate of drug-likeness (QED) is 0.686. The minimum Gasteiger partial charge on any atom is -0.396 e. The first kappa shape index (κ1) is 19.2. The fourth-order valence-corrected chi connectivity index (χ4v) is 4.53. The Kier molecular flexibility index (Phi) is 6.10. The highest BCUT2D eigenvalue weighted by Gasteiger charge is 2.26. The van der Waals surface area contributed by atoms with E-state index in [-0.39, 0.29) is 6.61 Å². The van der Waals surface area contributed by atoms with Crippen LogP contribution in [-0.4, -0.2) is 58.3 Å². The monoisotopic (exact) mass is 377 g/mol. The van der Waals surface area contributed by atoms with Gasteiger partial charge in [0.25, 0.3) is 0 Å². The molecule has 1 N–H and O–H groups in total. The van der Waals surface area contributed by atoms with E-state index in [0.29, 0.717) is 6.04 Å². The molecule has 28 heavy (non-hydrogen) atoms. The van der Waals surface area contributed by atoms with Crippen molar-refractivity contribution < 1.29 is 5.11 Å². The number of hydrogen-bond acceptors (Lipinski definition) is 3. The van der Waals surface area contributed by atoms with Crippen LogP contribution in [0.3, 0.4) is 0 Å². The lowest BCUT2D eigenvalue weighted by Crippen LogP contribution is -2.53. The molecule has 1 atom stereocenters. The van der Waals surface area contributed by atoms with Gasteiger partial charge in [0.2, 0.25) is 0 Å². The summed E-state index contributed by atoms with van der Waals surface area (Å²) < 4.78 is 2.23. The van der Waals surface area contributed by atoms with Gasteiger partial charge in [0, 0.05) is 69.5 Å². The van der Waals surface area contributed by atoms with Crippen LogP contribution in [0.2, 0.25) is 0 Å². The molecule has 0 bridgehead atoms. The van der Waals surface area contributed by atoms with Crippen LogP contribution >= 0.6 is 0 Å². The van der Waals surface area contributed by atoms with E-state index >= 15 is 0 Å². The molecule has 1 aliphatic heterocycles. The van der Waals surface area contributed by atoms with Gasteiger partial charge in [-0.25, -0.2) is 0 Å². The van der Waals surface area contributed by atoms with Crippen LogP contribution in [0.5, 0.6) is 0 Å². The van der Waals surface area contributed by atoms with Gasteiger partial charge in [-0.1, -0.05) is 48.5 Å². The van der Waals surface area contributed by atoms with E-state index in [1.165, 1.54) is 22.0 Å². The second kappa shape index (κ2) is 8.91. The van der Waals surface area contributed by atoms with E-state index in [2.05, 4.69) is 82.2 Å². The summed E-state index contributed by atoms with van der Waals surface area (Å²) in [6.45, 7) is 5.49. The molecule has 3 aromatic rings. The van der Waals surface area contributed by atoms with E-state index in [1.807, 2.05) is 0 Å². The fourth-order valence-electron chi connectivity index (χ4n) is 4.53. The number of aryl methyl sites for hydroxylation is 1. The third-order valence-electron chi connectivity index (χ3n) is 6.06. The Morgan fingerprint density at radius 1 is 1.00 bits per heavy atom. The first-order chi connectivity index (χ1) is 13.7. The lowest BCUT2D eigenvalue weighted by Gasteiger charge is -2.41. The van der Waals surface area contributed by atoms with Crippen molar-refractivity contribution in [2.75, 3.05) is 32.8 Å². The number of piperazine rings is 1. The molecule has 0 aliphatic carbocycles. The SMILES string of the molecule is Cn1cc(CN2CCN(CCc3ccccc3)[C@H](CCO)C2)c2ccccc21.